The number of halogens is 3. The predicted octanol–water partition coefficient (Wildman–Crippen LogP) is 4.87. The molecule has 130 valence electrons. The average molecular weight is 347 g/mol. The van der Waals surface area contributed by atoms with Crippen LogP contribution >= 0.6 is 0 Å². The molecule has 0 amide bonds. The highest BCUT2D eigenvalue weighted by Gasteiger charge is 2.30. The van der Waals surface area contributed by atoms with Gasteiger partial charge in [-0.2, -0.15) is 13.2 Å². The highest BCUT2D eigenvalue weighted by atomic mass is 19.4. The van der Waals surface area contributed by atoms with E-state index in [0.717, 1.165) is 49.2 Å². The van der Waals surface area contributed by atoms with Crippen molar-refractivity contribution >= 4 is 11.7 Å². The molecule has 0 heterocycles. The zero-order valence-electron chi connectivity index (χ0n) is 13.3. The first-order chi connectivity index (χ1) is 11.9. The van der Waals surface area contributed by atoms with Crippen LogP contribution in [0.1, 0.15) is 34.3 Å². The fraction of sp³-hybridized carbons (Fsp3) is 0.263. The third-order valence-electron chi connectivity index (χ3n) is 4.24. The van der Waals surface area contributed by atoms with Gasteiger partial charge in [0, 0.05) is 5.92 Å². The molecule has 0 spiro atoms. The van der Waals surface area contributed by atoms with Gasteiger partial charge < -0.3 is 4.84 Å². The summed E-state index contributed by atoms with van der Waals surface area (Å²) in [6.07, 6.45) is -1.86. The summed E-state index contributed by atoms with van der Waals surface area (Å²) in [7, 11) is 0. The Bertz CT molecular complexity index is 768. The van der Waals surface area contributed by atoms with Gasteiger partial charge in [0.25, 0.3) is 0 Å². The Labute approximate surface area is 143 Å². The number of carbonyl (C=O) groups is 1. The van der Waals surface area contributed by atoms with E-state index in [-0.39, 0.29) is 11.5 Å². The lowest BCUT2D eigenvalue weighted by Gasteiger charge is -2.27. The van der Waals surface area contributed by atoms with Crippen LogP contribution in [0.5, 0.6) is 0 Å². The maximum atomic E-state index is 12.5. The van der Waals surface area contributed by atoms with Gasteiger partial charge in [-0.1, -0.05) is 35.5 Å². The van der Waals surface area contributed by atoms with Crippen molar-refractivity contribution in [2.45, 2.75) is 25.4 Å². The van der Waals surface area contributed by atoms with Crippen molar-refractivity contribution in [2.75, 3.05) is 0 Å². The Morgan fingerprint density at radius 1 is 1.08 bits per heavy atom. The topological polar surface area (TPSA) is 38.7 Å². The molecule has 25 heavy (non-hydrogen) atoms. The minimum absolute atomic E-state index is 0.0382. The number of nitrogens with zero attached hydrogens (tertiary/aromatic N) is 1. The van der Waals surface area contributed by atoms with Gasteiger partial charge in [0.15, 0.2) is 0 Å². The van der Waals surface area contributed by atoms with E-state index in [9.17, 15) is 18.0 Å². The van der Waals surface area contributed by atoms with Crippen LogP contribution < -0.4 is 0 Å². The quantitative estimate of drug-likeness (QED) is 0.584. The molecule has 1 fully saturated rings. The first-order valence-electron chi connectivity index (χ1n) is 7.93. The van der Waals surface area contributed by atoms with Gasteiger partial charge in [-0.15, -0.1) is 0 Å². The summed E-state index contributed by atoms with van der Waals surface area (Å²) >= 11 is 0. The molecular weight excluding hydrogens is 331 g/mol. The smallest absolute Gasteiger partial charge is 0.313 e. The molecule has 0 N–H and O–H groups in total. The molecule has 0 radical (unpaired) electrons. The molecular formula is C19H16F3NO2. The number of carbonyl (C=O) groups excluding carboxylic acids is 1. The van der Waals surface area contributed by atoms with Crippen LogP contribution in [0.2, 0.25) is 0 Å². The highest BCUT2D eigenvalue weighted by Crippen LogP contribution is 2.30. The second-order valence-corrected chi connectivity index (χ2v) is 5.96. The van der Waals surface area contributed by atoms with E-state index in [4.69, 9.17) is 4.84 Å². The van der Waals surface area contributed by atoms with Crippen molar-refractivity contribution in [1.29, 1.82) is 0 Å². The summed E-state index contributed by atoms with van der Waals surface area (Å²) in [5.74, 6) is -0.519. The van der Waals surface area contributed by atoms with Crippen LogP contribution in [0.25, 0.3) is 0 Å². The van der Waals surface area contributed by atoms with Crippen LogP contribution in [0.3, 0.4) is 0 Å². The minimum Gasteiger partial charge on any atom is -0.313 e. The van der Waals surface area contributed by atoms with Crippen molar-refractivity contribution in [2.24, 2.45) is 11.1 Å². The molecule has 0 saturated heterocycles. The largest absolute Gasteiger partial charge is 0.416 e. The van der Waals surface area contributed by atoms with Gasteiger partial charge in [0.05, 0.1) is 16.8 Å². The number of rotatable bonds is 4. The molecule has 1 aliphatic carbocycles. The van der Waals surface area contributed by atoms with Crippen molar-refractivity contribution < 1.29 is 22.8 Å². The number of benzene rings is 2. The Morgan fingerprint density at radius 3 is 2.32 bits per heavy atom. The Balaban J connectivity index is 1.59. The van der Waals surface area contributed by atoms with E-state index in [0.29, 0.717) is 0 Å². The normalized spacial score (nSPS) is 18.7. The molecule has 3 rings (SSSR count). The fourth-order valence-corrected chi connectivity index (χ4v) is 2.66. The predicted molar refractivity (Wildman–Crippen MR) is 87.2 cm³/mol. The molecule has 2 aromatic rings. The van der Waals surface area contributed by atoms with Crippen molar-refractivity contribution in [3.63, 3.8) is 0 Å². The number of hydrogen-bond donors (Lipinski definition) is 0. The van der Waals surface area contributed by atoms with Gasteiger partial charge in [-0.05, 0) is 49.1 Å². The molecule has 6 heteroatoms. The third-order valence-corrected chi connectivity index (χ3v) is 4.24. The third kappa shape index (κ3) is 4.26. The number of alkyl halides is 3. The van der Waals surface area contributed by atoms with Crippen LogP contribution in [0.15, 0.2) is 59.8 Å². The van der Waals surface area contributed by atoms with E-state index in [1.54, 1.807) is 0 Å². The lowest BCUT2D eigenvalue weighted by molar-refractivity contribution is -0.137. The number of hydrogen-bond acceptors (Lipinski definition) is 3. The zero-order chi connectivity index (χ0) is 17.9. The van der Waals surface area contributed by atoms with Gasteiger partial charge in [-0.25, -0.2) is 4.79 Å². The van der Waals surface area contributed by atoms with Crippen LogP contribution in [-0.4, -0.2) is 11.7 Å². The van der Waals surface area contributed by atoms with Crippen LogP contribution in [-0.2, 0) is 17.4 Å². The Hall–Kier alpha value is -2.63. The molecule has 0 bridgehead atoms. The monoisotopic (exact) mass is 347 g/mol. The lowest BCUT2D eigenvalue weighted by atomic mass is 9.79. The summed E-state index contributed by atoms with van der Waals surface area (Å²) in [4.78, 5) is 16.8. The second-order valence-electron chi connectivity index (χ2n) is 5.96. The summed E-state index contributed by atoms with van der Waals surface area (Å²) < 4.78 is 37.5. The summed E-state index contributed by atoms with van der Waals surface area (Å²) in [5.41, 5.74) is 1.23. The maximum absolute atomic E-state index is 12.5. The van der Waals surface area contributed by atoms with Crippen molar-refractivity contribution in [3.8, 4) is 0 Å². The Morgan fingerprint density at radius 2 is 1.76 bits per heavy atom. The Kier molecular flexibility index (Phi) is 4.88. The minimum atomic E-state index is -4.43. The van der Waals surface area contributed by atoms with Crippen molar-refractivity contribution in [3.05, 3.63) is 71.3 Å². The SMILES string of the molecule is O=C(O/N=C1\CCC1Cc1ccccc1)c1ccc(C(F)(F)F)cc1. The fourth-order valence-electron chi connectivity index (χ4n) is 2.66. The standard InChI is InChI=1S/C19H16F3NO2/c20-19(21,22)16-9-6-14(7-10-16)18(24)25-23-17-11-8-15(17)12-13-4-2-1-3-5-13/h1-7,9-10,15H,8,11-12H2/b23-17+. The molecule has 0 aromatic heterocycles. The van der Waals surface area contributed by atoms with E-state index in [1.165, 1.54) is 5.56 Å². The van der Waals surface area contributed by atoms with E-state index >= 15 is 0 Å². The molecule has 2 aromatic carbocycles. The molecule has 1 unspecified atom stereocenters. The molecule has 1 saturated carbocycles. The summed E-state index contributed by atoms with van der Waals surface area (Å²) in [5, 5.41) is 3.90. The van der Waals surface area contributed by atoms with E-state index in [1.807, 2.05) is 30.3 Å². The molecule has 0 aliphatic heterocycles. The van der Waals surface area contributed by atoms with Gasteiger partial charge in [-0.3, -0.25) is 0 Å². The zero-order valence-corrected chi connectivity index (χ0v) is 13.3. The molecule has 3 nitrogen and oxygen atoms in total. The van der Waals surface area contributed by atoms with Gasteiger partial charge in [0.2, 0.25) is 0 Å². The van der Waals surface area contributed by atoms with Crippen LogP contribution in [0.4, 0.5) is 13.2 Å². The first kappa shape index (κ1) is 17.2. The average Bonchev–Trinajstić information content (AvgIpc) is 2.59. The second kappa shape index (κ2) is 7.09. The molecule has 1 aliphatic rings. The van der Waals surface area contributed by atoms with Crippen molar-refractivity contribution in [1.82, 2.24) is 0 Å². The van der Waals surface area contributed by atoms with E-state index in [2.05, 4.69) is 5.16 Å². The number of oxime groups is 1. The summed E-state index contributed by atoms with van der Waals surface area (Å²) in [6, 6.07) is 13.8. The van der Waals surface area contributed by atoms with Crippen LogP contribution in [0, 0.1) is 5.92 Å². The first-order valence-corrected chi connectivity index (χ1v) is 7.93. The lowest BCUT2D eigenvalue weighted by Crippen LogP contribution is -2.28. The highest BCUT2D eigenvalue weighted by molar-refractivity contribution is 5.94. The van der Waals surface area contributed by atoms with Gasteiger partial charge >= 0.3 is 12.1 Å². The van der Waals surface area contributed by atoms with E-state index < -0.39 is 17.7 Å². The summed E-state index contributed by atoms with van der Waals surface area (Å²) in [6.45, 7) is 0. The van der Waals surface area contributed by atoms with Gasteiger partial charge in [0.1, 0.15) is 0 Å². The molecule has 1 atom stereocenters. The maximum Gasteiger partial charge on any atom is 0.416 e.